The maximum atomic E-state index is 6.45. The molecule has 7 heteroatoms. The SMILES string of the molecule is COCCn1ccc2c(OC3CCN(c4ncnc5c4COCC5)CC3)cccc21. The predicted octanol–water partition coefficient (Wildman–Crippen LogP) is 3.20. The van der Waals surface area contributed by atoms with Crippen molar-refractivity contribution in [1.29, 1.82) is 0 Å². The molecule has 0 spiro atoms. The highest BCUT2D eigenvalue weighted by Gasteiger charge is 2.26. The monoisotopic (exact) mass is 408 g/mol. The average Bonchev–Trinajstić information content (AvgIpc) is 3.22. The van der Waals surface area contributed by atoms with Gasteiger partial charge < -0.3 is 23.7 Å². The second kappa shape index (κ2) is 8.62. The zero-order valence-corrected chi connectivity index (χ0v) is 17.4. The van der Waals surface area contributed by atoms with Gasteiger partial charge in [-0.1, -0.05) is 6.07 Å². The van der Waals surface area contributed by atoms with E-state index in [2.05, 4.69) is 49.9 Å². The molecule has 4 heterocycles. The maximum absolute atomic E-state index is 6.45. The van der Waals surface area contributed by atoms with Crippen LogP contribution in [0, 0.1) is 0 Å². The lowest BCUT2D eigenvalue weighted by Crippen LogP contribution is -2.39. The summed E-state index contributed by atoms with van der Waals surface area (Å²) in [5, 5.41) is 1.16. The van der Waals surface area contributed by atoms with E-state index in [9.17, 15) is 0 Å². The van der Waals surface area contributed by atoms with Crippen molar-refractivity contribution in [3.05, 3.63) is 48.0 Å². The molecule has 0 aliphatic carbocycles. The summed E-state index contributed by atoms with van der Waals surface area (Å²) in [6, 6.07) is 8.43. The van der Waals surface area contributed by atoms with Gasteiger partial charge in [0.15, 0.2) is 0 Å². The lowest BCUT2D eigenvalue weighted by Gasteiger charge is -2.34. The number of benzene rings is 1. The highest BCUT2D eigenvalue weighted by Crippen LogP contribution is 2.31. The molecule has 1 fully saturated rings. The zero-order chi connectivity index (χ0) is 20.3. The fraction of sp³-hybridized carbons (Fsp3) is 0.478. The van der Waals surface area contributed by atoms with Gasteiger partial charge in [-0.3, -0.25) is 0 Å². The van der Waals surface area contributed by atoms with E-state index < -0.39 is 0 Å². The Labute approximate surface area is 176 Å². The minimum Gasteiger partial charge on any atom is -0.490 e. The van der Waals surface area contributed by atoms with Crippen LogP contribution in [0.15, 0.2) is 36.8 Å². The molecule has 5 rings (SSSR count). The Kier molecular flexibility index (Phi) is 5.55. The van der Waals surface area contributed by atoms with E-state index in [0.717, 1.165) is 73.7 Å². The van der Waals surface area contributed by atoms with Crippen molar-refractivity contribution >= 4 is 16.7 Å². The highest BCUT2D eigenvalue weighted by atomic mass is 16.5. The molecule has 30 heavy (non-hydrogen) atoms. The molecule has 0 radical (unpaired) electrons. The minimum absolute atomic E-state index is 0.211. The number of aromatic nitrogens is 3. The topological polar surface area (TPSA) is 61.6 Å². The van der Waals surface area contributed by atoms with E-state index in [1.807, 2.05) is 0 Å². The predicted molar refractivity (Wildman–Crippen MR) is 115 cm³/mol. The van der Waals surface area contributed by atoms with Gasteiger partial charge >= 0.3 is 0 Å². The summed E-state index contributed by atoms with van der Waals surface area (Å²) in [5.74, 6) is 2.01. The largest absolute Gasteiger partial charge is 0.490 e. The molecule has 7 nitrogen and oxygen atoms in total. The van der Waals surface area contributed by atoms with Gasteiger partial charge in [0.25, 0.3) is 0 Å². The second-order valence-electron chi connectivity index (χ2n) is 7.92. The lowest BCUT2D eigenvalue weighted by molar-refractivity contribution is 0.109. The van der Waals surface area contributed by atoms with Crippen LogP contribution in [0.3, 0.4) is 0 Å². The summed E-state index contributed by atoms with van der Waals surface area (Å²) in [5.41, 5.74) is 3.48. The van der Waals surface area contributed by atoms with Crippen LogP contribution in [-0.4, -0.2) is 54.1 Å². The quantitative estimate of drug-likeness (QED) is 0.624. The molecular formula is C23H28N4O3. The molecule has 0 saturated carbocycles. The van der Waals surface area contributed by atoms with Gasteiger partial charge in [-0.25, -0.2) is 9.97 Å². The molecule has 0 N–H and O–H groups in total. The van der Waals surface area contributed by atoms with Crippen LogP contribution in [0.5, 0.6) is 5.75 Å². The molecule has 2 aromatic heterocycles. The molecule has 1 aromatic carbocycles. The Hall–Kier alpha value is -2.64. The number of hydrogen-bond acceptors (Lipinski definition) is 6. The number of rotatable bonds is 6. The second-order valence-corrected chi connectivity index (χ2v) is 7.92. The number of fused-ring (bicyclic) bond motifs is 2. The number of hydrogen-bond donors (Lipinski definition) is 0. The minimum atomic E-state index is 0.211. The Balaban J connectivity index is 1.27. The maximum Gasteiger partial charge on any atom is 0.137 e. The third-order valence-corrected chi connectivity index (χ3v) is 6.09. The van der Waals surface area contributed by atoms with Crippen molar-refractivity contribution in [1.82, 2.24) is 14.5 Å². The Morgan fingerprint density at radius 2 is 2.07 bits per heavy atom. The highest BCUT2D eigenvalue weighted by molar-refractivity contribution is 5.86. The van der Waals surface area contributed by atoms with Gasteiger partial charge in [0, 0.05) is 63.2 Å². The summed E-state index contributed by atoms with van der Waals surface area (Å²) < 4.78 is 19.5. The molecule has 0 atom stereocenters. The molecule has 1 saturated heterocycles. The van der Waals surface area contributed by atoms with Gasteiger partial charge in [0.1, 0.15) is 24.0 Å². The standard InChI is InChI=1S/C23H28N4O3/c1-28-14-12-26-11-7-18-21(26)3-2-4-22(18)30-17-5-9-27(10-6-17)23-19-15-29-13-8-20(19)24-16-25-23/h2-4,7,11,16-17H,5-6,8-10,12-15H2,1H3. The first kappa shape index (κ1) is 19.3. The van der Waals surface area contributed by atoms with E-state index in [1.165, 1.54) is 5.52 Å². The fourth-order valence-corrected chi connectivity index (χ4v) is 4.46. The van der Waals surface area contributed by atoms with Crippen molar-refractivity contribution in [3.8, 4) is 5.75 Å². The van der Waals surface area contributed by atoms with Crippen molar-refractivity contribution in [2.45, 2.75) is 38.5 Å². The normalized spacial score (nSPS) is 17.3. The smallest absolute Gasteiger partial charge is 0.137 e. The first-order valence-corrected chi connectivity index (χ1v) is 10.7. The van der Waals surface area contributed by atoms with Crippen LogP contribution in [-0.2, 0) is 29.0 Å². The van der Waals surface area contributed by atoms with Crippen LogP contribution in [0.4, 0.5) is 5.82 Å². The molecule has 0 amide bonds. The number of anilines is 1. The Morgan fingerprint density at radius 1 is 1.17 bits per heavy atom. The Bertz CT molecular complexity index is 1010. The molecule has 0 bridgehead atoms. The van der Waals surface area contributed by atoms with E-state index in [4.69, 9.17) is 14.2 Å². The van der Waals surface area contributed by atoms with Gasteiger partial charge in [-0.2, -0.15) is 0 Å². The first-order chi connectivity index (χ1) is 14.8. The van der Waals surface area contributed by atoms with E-state index in [1.54, 1.807) is 13.4 Å². The van der Waals surface area contributed by atoms with Crippen LogP contribution < -0.4 is 9.64 Å². The van der Waals surface area contributed by atoms with Crippen molar-refractivity contribution in [2.75, 3.05) is 38.3 Å². The molecular weight excluding hydrogens is 380 g/mol. The number of ether oxygens (including phenoxy) is 3. The lowest BCUT2D eigenvalue weighted by atomic mass is 10.1. The van der Waals surface area contributed by atoms with Gasteiger partial charge in [0.2, 0.25) is 0 Å². The third-order valence-electron chi connectivity index (χ3n) is 6.09. The summed E-state index contributed by atoms with van der Waals surface area (Å²) >= 11 is 0. The molecule has 2 aliphatic rings. The average molecular weight is 409 g/mol. The molecule has 2 aliphatic heterocycles. The van der Waals surface area contributed by atoms with Crippen LogP contribution in [0.25, 0.3) is 10.9 Å². The van der Waals surface area contributed by atoms with Crippen LogP contribution in [0.2, 0.25) is 0 Å². The zero-order valence-electron chi connectivity index (χ0n) is 17.4. The van der Waals surface area contributed by atoms with Gasteiger partial charge in [-0.15, -0.1) is 0 Å². The number of methoxy groups -OCH3 is 1. The molecule has 3 aromatic rings. The summed E-state index contributed by atoms with van der Waals surface area (Å²) in [6.07, 6.45) is 6.83. The fourth-order valence-electron chi connectivity index (χ4n) is 4.46. The summed E-state index contributed by atoms with van der Waals surface area (Å²) in [7, 11) is 1.73. The first-order valence-electron chi connectivity index (χ1n) is 10.7. The summed E-state index contributed by atoms with van der Waals surface area (Å²) in [4.78, 5) is 11.4. The van der Waals surface area contributed by atoms with Crippen LogP contribution >= 0.6 is 0 Å². The van der Waals surface area contributed by atoms with E-state index in [-0.39, 0.29) is 6.10 Å². The van der Waals surface area contributed by atoms with Crippen molar-refractivity contribution in [3.63, 3.8) is 0 Å². The molecule has 0 unspecified atom stereocenters. The van der Waals surface area contributed by atoms with Crippen molar-refractivity contribution < 1.29 is 14.2 Å². The summed E-state index contributed by atoms with van der Waals surface area (Å²) in [6.45, 7) is 4.76. The molecule has 158 valence electrons. The van der Waals surface area contributed by atoms with Crippen LogP contribution in [0.1, 0.15) is 24.1 Å². The van der Waals surface area contributed by atoms with Crippen molar-refractivity contribution in [2.24, 2.45) is 0 Å². The van der Waals surface area contributed by atoms with Gasteiger partial charge in [-0.05, 0) is 18.2 Å². The Morgan fingerprint density at radius 3 is 2.93 bits per heavy atom. The number of nitrogens with zero attached hydrogens (tertiary/aromatic N) is 4. The van der Waals surface area contributed by atoms with E-state index >= 15 is 0 Å². The number of piperidine rings is 1. The van der Waals surface area contributed by atoms with Gasteiger partial charge in [0.05, 0.1) is 31.0 Å². The third kappa shape index (κ3) is 3.75. The van der Waals surface area contributed by atoms with E-state index in [0.29, 0.717) is 13.2 Å².